The average molecular weight is 356 g/mol. The highest BCUT2D eigenvalue weighted by molar-refractivity contribution is 7.99. The van der Waals surface area contributed by atoms with E-state index in [2.05, 4.69) is 0 Å². The highest BCUT2D eigenvalue weighted by atomic mass is 32.2. The van der Waals surface area contributed by atoms with Crippen LogP contribution >= 0.6 is 11.8 Å². The lowest BCUT2D eigenvalue weighted by molar-refractivity contribution is -0.138. The summed E-state index contributed by atoms with van der Waals surface area (Å²) in [5.74, 6) is 0.796. The van der Waals surface area contributed by atoms with Crippen molar-refractivity contribution in [2.75, 3.05) is 18.1 Å². The molecule has 0 spiro atoms. The molecule has 0 fully saturated rings. The molecule has 24 heavy (non-hydrogen) atoms. The number of rotatable bonds is 14. The van der Waals surface area contributed by atoms with Crippen LogP contribution in [0.4, 0.5) is 0 Å². The molecule has 0 atom stereocenters. The Kier molecular flexibility index (Phi) is 15.3. The van der Waals surface area contributed by atoms with Crippen molar-refractivity contribution in [3.63, 3.8) is 0 Å². The number of nitrogens with zero attached hydrogens (tertiary/aromatic N) is 1. The van der Waals surface area contributed by atoms with Crippen LogP contribution in [0.1, 0.15) is 58.3 Å². The van der Waals surface area contributed by atoms with Crippen LogP contribution in [-0.2, 0) is 14.3 Å². The molecule has 0 rings (SSSR count). The molecule has 0 heterocycles. The van der Waals surface area contributed by atoms with E-state index in [0.29, 0.717) is 12.2 Å². The van der Waals surface area contributed by atoms with Gasteiger partial charge in [0.1, 0.15) is 11.6 Å². The van der Waals surface area contributed by atoms with Gasteiger partial charge in [0.05, 0.1) is 6.61 Å². The molecule has 7 heteroatoms. The van der Waals surface area contributed by atoms with Crippen molar-refractivity contribution in [3.8, 4) is 6.07 Å². The van der Waals surface area contributed by atoms with Gasteiger partial charge in [-0.25, -0.2) is 10.3 Å². The molecule has 2 N–H and O–H groups in total. The standard InChI is InChI=1S/C17H28N2O4S/c1-2-23-17(21)15(14-18)11-13-24-12-9-7-5-3-4-6-8-10-16(20)19-22/h11,22H,2-10,12-13H2,1H3,(H,19,20). The van der Waals surface area contributed by atoms with Crippen molar-refractivity contribution < 1.29 is 19.5 Å². The minimum atomic E-state index is -0.544. The number of ether oxygens (including phenoxy) is 1. The van der Waals surface area contributed by atoms with E-state index in [9.17, 15) is 9.59 Å². The topological polar surface area (TPSA) is 99.4 Å². The van der Waals surface area contributed by atoms with E-state index in [-0.39, 0.29) is 18.1 Å². The Morgan fingerprint density at radius 1 is 1.17 bits per heavy atom. The van der Waals surface area contributed by atoms with Gasteiger partial charge in [-0.2, -0.15) is 17.0 Å². The minimum Gasteiger partial charge on any atom is -0.462 e. The van der Waals surface area contributed by atoms with E-state index < -0.39 is 5.97 Å². The summed E-state index contributed by atoms with van der Waals surface area (Å²) >= 11 is 1.71. The molecule has 6 nitrogen and oxygen atoms in total. The van der Waals surface area contributed by atoms with Crippen molar-refractivity contribution >= 4 is 23.6 Å². The zero-order chi connectivity index (χ0) is 18.0. The van der Waals surface area contributed by atoms with Gasteiger partial charge in [-0.1, -0.05) is 32.1 Å². The predicted molar refractivity (Wildman–Crippen MR) is 94.5 cm³/mol. The van der Waals surface area contributed by atoms with Crippen LogP contribution in [0.5, 0.6) is 0 Å². The number of carbonyl (C=O) groups is 2. The number of hydrogen-bond donors (Lipinski definition) is 2. The molecule has 0 aromatic rings. The van der Waals surface area contributed by atoms with Gasteiger partial charge >= 0.3 is 5.97 Å². The van der Waals surface area contributed by atoms with E-state index in [1.165, 1.54) is 6.42 Å². The third kappa shape index (κ3) is 13.0. The van der Waals surface area contributed by atoms with Crippen LogP contribution in [0.15, 0.2) is 11.6 Å². The SMILES string of the molecule is CCOC(=O)C(C#N)=CCSCCCCCCCCCC(=O)NO. The summed E-state index contributed by atoms with van der Waals surface area (Å²) in [6.07, 6.45) is 9.57. The van der Waals surface area contributed by atoms with Gasteiger partial charge in [0.2, 0.25) is 5.91 Å². The summed E-state index contributed by atoms with van der Waals surface area (Å²) in [7, 11) is 0. The summed E-state index contributed by atoms with van der Waals surface area (Å²) in [5, 5.41) is 17.2. The largest absolute Gasteiger partial charge is 0.462 e. The molecule has 136 valence electrons. The lowest BCUT2D eigenvalue weighted by atomic mass is 10.1. The van der Waals surface area contributed by atoms with Gasteiger partial charge in [-0.15, -0.1) is 0 Å². The summed E-state index contributed by atoms with van der Waals surface area (Å²) in [6.45, 7) is 1.99. The van der Waals surface area contributed by atoms with Crippen LogP contribution in [0.2, 0.25) is 0 Å². The summed E-state index contributed by atoms with van der Waals surface area (Å²) in [5.41, 5.74) is 1.72. The maximum atomic E-state index is 11.4. The van der Waals surface area contributed by atoms with Crippen LogP contribution < -0.4 is 5.48 Å². The number of hydrogen-bond acceptors (Lipinski definition) is 6. The van der Waals surface area contributed by atoms with Crippen LogP contribution in [0, 0.1) is 11.3 Å². The lowest BCUT2D eigenvalue weighted by Crippen LogP contribution is -2.17. The summed E-state index contributed by atoms with van der Waals surface area (Å²) < 4.78 is 4.79. The fourth-order valence-corrected chi connectivity index (χ4v) is 2.90. The first-order valence-electron chi connectivity index (χ1n) is 8.43. The van der Waals surface area contributed by atoms with Crippen molar-refractivity contribution in [1.82, 2.24) is 5.48 Å². The van der Waals surface area contributed by atoms with Crippen LogP contribution in [0.25, 0.3) is 0 Å². The van der Waals surface area contributed by atoms with Crippen molar-refractivity contribution in [1.29, 1.82) is 5.26 Å². The number of esters is 1. The average Bonchev–Trinajstić information content (AvgIpc) is 2.59. The lowest BCUT2D eigenvalue weighted by Gasteiger charge is -2.02. The first-order chi connectivity index (χ1) is 11.7. The van der Waals surface area contributed by atoms with Gasteiger partial charge in [0.15, 0.2) is 0 Å². The van der Waals surface area contributed by atoms with E-state index in [0.717, 1.165) is 44.3 Å². The van der Waals surface area contributed by atoms with E-state index in [4.69, 9.17) is 15.2 Å². The van der Waals surface area contributed by atoms with E-state index >= 15 is 0 Å². The third-order valence-corrected chi connectivity index (χ3v) is 4.32. The molecule has 0 aliphatic heterocycles. The number of amides is 1. The van der Waals surface area contributed by atoms with E-state index in [1.54, 1.807) is 30.2 Å². The molecule has 0 aromatic heterocycles. The Morgan fingerprint density at radius 3 is 2.38 bits per heavy atom. The second-order valence-electron chi connectivity index (χ2n) is 5.28. The first kappa shape index (κ1) is 22.5. The Balaban J connectivity index is 3.46. The quantitative estimate of drug-likeness (QED) is 0.124. The zero-order valence-electron chi connectivity index (χ0n) is 14.4. The highest BCUT2D eigenvalue weighted by Gasteiger charge is 2.08. The smallest absolute Gasteiger partial charge is 0.348 e. The molecule has 0 aromatic carbocycles. The molecule has 0 saturated carbocycles. The minimum absolute atomic E-state index is 0.0826. The number of carbonyl (C=O) groups excluding carboxylic acids is 2. The maximum absolute atomic E-state index is 11.4. The molecule has 0 unspecified atom stereocenters. The molecular weight excluding hydrogens is 328 g/mol. The summed E-state index contributed by atoms with van der Waals surface area (Å²) in [4.78, 5) is 22.2. The molecule has 1 amide bonds. The molecule has 0 aliphatic rings. The van der Waals surface area contributed by atoms with E-state index in [1.807, 2.05) is 6.07 Å². The Hall–Kier alpha value is -1.52. The second-order valence-corrected chi connectivity index (χ2v) is 6.43. The molecule has 0 aliphatic carbocycles. The fourth-order valence-electron chi connectivity index (χ4n) is 2.04. The number of nitrogens with one attached hydrogen (secondary N) is 1. The van der Waals surface area contributed by atoms with Gasteiger partial charge < -0.3 is 4.74 Å². The highest BCUT2D eigenvalue weighted by Crippen LogP contribution is 2.12. The first-order valence-corrected chi connectivity index (χ1v) is 9.59. The fraction of sp³-hybridized carbons (Fsp3) is 0.706. The van der Waals surface area contributed by atoms with Gasteiger partial charge in [0, 0.05) is 12.2 Å². The van der Waals surface area contributed by atoms with Gasteiger partial charge in [-0.05, 0) is 31.6 Å². The monoisotopic (exact) mass is 356 g/mol. The summed E-state index contributed by atoms with van der Waals surface area (Å²) in [6, 6.07) is 1.87. The normalized spacial score (nSPS) is 11.0. The van der Waals surface area contributed by atoms with Gasteiger partial charge in [0.25, 0.3) is 0 Å². The van der Waals surface area contributed by atoms with Gasteiger partial charge in [-0.3, -0.25) is 10.0 Å². The number of thioether (sulfide) groups is 1. The number of unbranched alkanes of at least 4 members (excludes halogenated alkanes) is 6. The second kappa shape index (κ2) is 16.3. The third-order valence-electron chi connectivity index (χ3n) is 3.34. The predicted octanol–water partition coefficient (Wildman–Crippen LogP) is 3.36. The zero-order valence-corrected chi connectivity index (χ0v) is 15.2. The van der Waals surface area contributed by atoms with Crippen molar-refractivity contribution in [3.05, 3.63) is 11.6 Å². The number of hydroxylamine groups is 1. The molecule has 0 radical (unpaired) electrons. The number of nitriles is 1. The molecule has 0 saturated heterocycles. The molecular formula is C17H28N2O4S. The van der Waals surface area contributed by atoms with Crippen molar-refractivity contribution in [2.45, 2.75) is 58.3 Å². The van der Waals surface area contributed by atoms with Crippen molar-refractivity contribution in [2.24, 2.45) is 0 Å². The Bertz CT molecular complexity index is 433. The Morgan fingerprint density at radius 2 is 1.79 bits per heavy atom. The van der Waals surface area contributed by atoms with Crippen LogP contribution in [-0.4, -0.2) is 35.2 Å². The Labute approximate surface area is 148 Å². The van der Waals surface area contributed by atoms with Crippen LogP contribution in [0.3, 0.4) is 0 Å². The maximum Gasteiger partial charge on any atom is 0.348 e. The molecule has 0 bridgehead atoms.